The number of aliphatic imine (C=N–C) groups is 1. The van der Waals surface area contributed by atoms with Crippen molar-refractivity contribution in [3.8, 4) is 0 Å². The summed E-state index contributed by atoms with van der Waals surface area (Å²) in [5.74, 6) is -1.06. The maximum Gasteiger partial charge on any atom is 0.256 e. The van der Waals surface area contributed by atoms with E-state index in [0.717, 1.165) is 0 Å². The van der Waals surface area contributed by atoms with E-state index in [1.54, 1.807) is 25.9 Å². The molecule has 0 aromatic heterocycles. The lowest BCUT2D eigenvalue weighted by atomic mass is 9.92. The molecule has 0 saturated heterocycles. The predicted molar refractivity (Wildman–Crippen MR) is 98.7 cm³/mol. The van der Waals surface area contributed by atoms with E-state index in [2.05, 4.69) is 10.3 Å². The van der Waals surface area contributed by atoms with Gasteiger partial charge in [-0.05, 0) is 34.1 Å². The van der Waals surface area contributed by atoms with Crippen molar-refractivity contribution in [3.05, 3.63) is 0 Å². The summed E-state index contributed by atoms with van der Waals surface area (Å²) < 4.78 is 0. The van der Waals surface area contributed by atoms with Crippen LogP contribution in [0.3, 0.4) is 0 Å². The summed E-state index contributed by atoms with van der Waals surface area (Å²) in [4.78, 5) is 45.2. The van der Waals surface area contributed by atoms with Crippen LogP contribution in [0, 0.1) is 5.92 Å². The molecular weight excluding hydrogens is 338 g/mol. The van der Waals surface area contributed by atoms with Crippen molar-refractivity contribution in [1.82, 2.24) is 20.0 Å². The van der Waals surface area contributed by atoms with Gasteiger partial charge in [0.2, 0.25) is 11.8 Å². The lowest BCUT2D eigenvalue weighted by Crippen LogP contribution is -2.53. The fourth-order valence-electron chi connectivity index (χ4n) is 2.89. The Morgan fingerprint density at radius 1 is 1.31 bits per heavy atom. The summed E-state index contributed by atoms with van der Waals surface area (Å²) in [5, 5.41) is 13.2. The van der Waals surface area contributed by atoms with Gasteiger partial charge in [-0.25, -0.2) is 0 Å². The lowest BCUT2D eigenvalue weighted by Gasteiger charge is -2.34. The second-order valence-electron chi connectivity index (χ2n) is 7.14. The van der Waals surface area contributed by atoms with Gasteiger partial charge in [0.15, 0.2) is 0 Å². The normalized spacial score (nSPS) is 18.8. The SMILES string of the molecule is CNC(=O)[C@H]([C@H](O)[C@H](C)CC1=NC(=O)CC(=O)N1CCN(C)C)N(C)C. The van der Waals surface area contributed by atoms with Crippen LogP contribution in [-0.2, 0) is 14.4 Å². The lowest BCUT2D eigenvalue weighted by molar-refractivity contribution is -0.134. The van der Waals surface area contributed by atoms with Crippen molar-refractivity contribution in [2.45, 2.75) is 31.9 Å². The quantitative estimate of drug-likeness (QED) is 0.493. The third-order valence-corrected chi connectivity index (χ3v) is 4.42. The molecular formula is C17H31N5O4. The van der Waals surface area contributed by atoms with Crippen molar-refractivity contribution in [1.29, 1.82) is 0 Å². The maximum atomic E-state index is 12.2. The zero-order valence-electron chi connectivity index (χ0n) is 16.5. The molecule has 1 aliphatic rings. The van der Waals surface area contributed by atoms with Gasteiger partial charge in [-0.1, -0.05) is 6.92 Å². The molecule has 26 heavy (non-hydrogen) atoms. The molecule has 3 atom stereocenters. The van der Waals surface area contributed by atoms with Crippen LogP contribution in [0.25, 0.3) is 0 Å². The van der Waals surface area contributed by atoms with Crippen molar-refractivity contribution in [3.63, 3.8) is 0 Å². The molecule has 9 nitrogen and oxygen atoms in total. The van der Waals surface area contributed by atoms with Gasteiger partial charge in [0.25, 0.3) is 5.91 Å². The van der Waals surface area contributed by atoms with Crippen molar-refractivity contribution < 1.29 is 19.5 Å². The largest absolute Gasteiger partial charge is 0.391 e. The van der Waals surface area contributed by atoms with Crippen LogP contribution in [0.15, 0.2) is 4.99 Å². The number of aliphatic hydroxyl groups is 1. The molecule has 148 valence electrons. The summed E-state index contributed by atoms with van der Waals surface area (Å²) in [5.41, 5.74) is 0. The molecule has 2 N–H and O–H groups in total. The predicted octanol–water partition coefficient (Wildman–Crippen LogP) is -1.23. The van der Waals surface area contributed by atoms with E-state index in [4.69, 9.17) is 0 Å². The Balaban J connectivity index is 2.94. The summed E-state index contributed by atoms with van der Waals surface area (Å²) in [6.45, 7) is 2.84. The van der Waals surface area contributed by atoms with Gasteiger partial charge in [0, 0.05) is 26.6 Å². The molecule has 0 aliphatic carbocycles. The Kier molecular flexibility index (Phi) is 8.32. The molecule has 0 spiro atoms. The minimum Gasteiger partial charge on any atom is -0.391 e. The number of rotatable bonds is 9. The zero-order chi connectivity index (χ0) is 20.0. The van der Waals surface area contributed by atoms with Gasteiger partial charge in [-0.3, -0.25) is 24.2 Å². The molecule has 0 bridgehead atoms. The first-order chi connectivity index (χ1) is 12.1. The van der Waals surface area contributed by atoms with Gasteiger partial charge in [-0.15, -0.1) is 0 Å². The monoisotopic (exact) mass is 369 g/mol. The first-order valence-corrected chi connectivity index (χ1v) is 8.70. The number of hydrogen-bond donors (Lipinski definition) is 2. The highest BCUT2D eigenvalue weighted by Crippen LogP contribution is 2.19. The number of hydrogen-bond acceptors (Lipinski definition) is 6. The highest BCUT2D eigenvalue weighted by atomic mass is 16.3. The van der Waals surface area contributed by atoms with E-state index in [-0.39, 0.29) is 30.6 Å². The Bertz CT molecular complexity index is 561. The van der Waals surface area contributed by atoms with E-state index in [0.29, 0.717) is 18.9 Å². The topological polar surface area (TPSA) is 106 Å². The van der Waals surface area contributed by atoms with E-state index in [1.165, 1.54) is 11.9 Å². The molecule has 0 aromatic rings. The van der Waals surface area contributed by atoms with Gasteiger partial charge in [0.1, 0.15) is 18.3 Å². The molecule has 0 aromatic carbocycles. The molecule has 1 aliphatic heterocycles. The van der Waals surface area contributed by atoms with Crippen molar-refractivity contribution in [2.75, 3.05) is 48.3 Å². The Labute approximate surface area is 155 Å². The molecule has 1 heterocycles. The van der Waals surface area contributed by atoms with Crippen LogP contribution in [0.2, 0.25) is 0 Å². The zero-order valence-corrected chi connectivity index (χ0v) is 16.5. The first kappa shape index (κ1) is 22.2. The molecule has 3 amide bonds. The van der Waals surface area contributed by atoms with Gasteiger partial charge < -0.3 is 15.3 Å². The molecule has 0 unspecified atom stereocenters. The van der Waals surface area contributed by atoms with Crippen molar-refractivity contribution in [2.24, 2.45) is 10.9 Å². The molecule has 1 rings (SSSR count). The maximum absolute atomic E-state index is 12.2. The second-order valence-corrected chi connectivity index (χ2v) is 7.14. The summed E-state index contributed by atoms with van der Waals surface area (Å²) in [7, 11) is 8.73. The van der Waals surface area contributed by atoms with Gasteiger partial charge >= 0.3 is 0 Å². The summed E-state index contributed by atoms with van der Waals surface area (Å²) >= 11 is 0. The van der Waals surface area contributed by atoms with Crippen LogP contribution in [-0.4, -0.2) is 104 Å². The molecule has 0 saturated carbocycles. The number of nitrogens with zero attached hydrogens (tertiary/aromatic N) is 4. The highest BCUT2D eigenvalue weighted by molar-refractivity contribution is 6.13. The standard InChI is InChI=1S/C17H31N5O4/c1-11(16(25)15(21(5)6)17(26)18-2)9-12-19-13(23)10-14(24)22(12)8-7-20(3)4/h11,15-16,25H,7-10H2,1-6H3,(H,18,26)/t11-,15+,16-/m1/s1. The van der Waals surface area contributed by atoms with Crippen molar-refractivity contribution >= 4 is 23.6 Å². The minimum absolute atomic E-state index is 0.230. The Morgan fingerprint density at radius 2 is 1.92 bits per heavy atom. The average molecular weight is 369 g/mol. The number of nitrogens with one attached hydrogen (secondary N) is 1. The smallest absolute Gasteiger partial charge is 0.256 e. The number of likely N-dealkylation sites (N-methyl/N-ethyl adjacent to an activating group) is 3. The Morgan fingerprint density at radius 3 is 2.42 bits per heavy atom. The van der Waals surface area contributed by atoms with Gasteiger partial charge in [0.05, 0.1) is 6.10 Å². The van der Waals surface area contributed by atoms with E-state index in [1.807, 2.05) is 19.0 Å². The average Bonchev–Trinajstić information content (AvgIpc) is 2.52. The summed E-state index contributed by atoms with van der Waals surface area (Å²) in [6, 6.07) is -0.735. The van der Waals surface area contributed by atoms with E-state index in [9.17, 15) is 19.5 Å². The third-order valence-electron chi connectivity index (χ3n) is 4.42. The van der Waals surface area contributed by atoms with Gasteiger partial charge in [-0.2, -0.15) is 4.99 Å². The Hall–Kier alpha value is -1.84. The number of aliphatic hydroxyl groups excluding tert-OH is 1. The third kappa shape index (κ3) is 5.86. The first-order valence-electron chi connectivity index (χ1n) is 8.70. The van der Waals surface area contributed by atoms with Crippen LogP contribution in [0.4, 0.5) is 0 Å². The molecule has 0 fully saturated rings. The fraction of sp³-hybridized carbons (Fsp3) is 0.765. The van der Waals surface area contributed by atoms with E-state index < -0.39 is 18.1 Å². The number of carbonyl (C=O) groups is 3. The molecule has 0 radical (unpaired) electrons. The highest BCUT2D eigenvalue weighted by Gasteiger charge is 2.35. The summed E-state index contributed by atoms with van der Waals surface area (Å²) in [6.07, 6.45) is -0.977. The van der Waals surface area contributed by atoms with Crippen LogP contribution in [0.5, 0.6) is 0 Å². The number of amides is 3. The second kappa shape index (κ2) is 9.75. The number of amidine groups is 1. The van der Waals surface area contributed by atoms with Crippen LogP contribution < -0.4 is 5.32 Å². The van der Waals surface area contributed by atoms with Crippen LogP contribution in [0.1, 0.15) is 19.8 Å². The van der Waals surface area contributed by atoms with E-state index >= 15 is 0 Å². The fourth-order valence-corrected chi connectivity index (χ4v) is 2.89. The number of carbonyl (C=O) groups excluding carboxylic acids is 3. The van der Waals surface area contributed by atoms with Crippen LogP contribution >= 0.6 is 0 Å². The molecule has 9 heteroatoms. The minimum atomic E-state index is -0.976.